The van der Waals surface area contributed by atoms with Gasteiger partial charge in [0.25, 0.3) is 0 Å². The number of likely N-dealkylation sites (N-methyl/N-ethyl adjacent to an activating group) is 1. The lowest BCUT2D eigenvalue weighted by atomic mass is 9.89. The zero-order chi connectivity index (χ0) is 23.8. The second-order valence-electron chi connectivity index (χ2n) is 8.79. The second-order valence-corrected chi connectivity index (χ2v) is 8.79. The lowest BCUT2D eigenvalue weighted by Gasteiger charge is -2.39. The summed E-state index contributed by atoms with van der Waals surface area (Å²) in [7, 11) is 2.11. The molecule has 0 radical (unpaired) electrons. The molecule has 0 bridgehead atoms. The number of nitrogens with zero attached hydrogens (tertiary/aromatic N) is 3. The van der Waals surface area contributed by atoms with Crippen LogP contribution in [0.15, 0.2) is 53.2 Å². The van der Waals surface area contributed by atoms with Crippen LogP contribution in [0.3, 0.4) is 0 Å². The van der Waals surface area contributed by atoms with Gasteiger partial charge in [-0.25, -0.2) is 4.79 Å². The van der Waals surface area contributed by atoms with Gasteiger partial charge in [0.15, 0.2) is 0 Å². The molecule has 34 heavy (non-hydrogen) atoms. The van der Waals surface area contributed by atoms with Crippen LogP contribution in [0.4, 0.5) is 0 Å². The van der Waals surface area contributed by atoms with Crippen molar-refractivity contribution in [1.29, 1.82) is 0 Å². The molecule has 0 saturated carbocycles. The van der Waals surface area contributed by atoms with Gasteiger partial charge < -0.3 is 19.2 Å². The van der Waals surface area contributed by atoms with Crippen LogP contribution in [0.2, 0.25) is 0 Å². The molecule has 1 atom stereocenters. The Morgan fingerprint density at radius 2 is 1.79 bits per heavy atom. The van der Waals surface area contributed by atoms with Crippen molar-refractivity contribution in [1.82, 2.24) is 14.8 Å². The first-order chi connectivity index (χ1) is 16.5. The van der Waals surface area contributed by atoms with Gasteiger partial charge >= 0.3 is 5.97 Å². The number of phenols is 1. The number of piperazine rings is 1. The Hall–Kier alpha value is -3.42. The van der Waals surface area contributed by atoms with Gasteiger partial charge in [-0.1, -0.05) is 24.3 Å². The number of rotatable bonds is 5. The minimum Gasteiger partial charge on any atom is -0.507 e. The SMILES string of the molecule is CCOC(=O)c1c(C)oc2c1c(C(c1ccncc1)N1CCN(C)CC1)c(O)c1ccccc12. The number of pyridine rings is 1. The van der Waals surface area contributed by atoms with Gasteiger partial charge in [0, 0.05) is 60.3 Å². The molecule has 5 rings (SSSR count). The Bertz CT molecular complexity index is 1340. The van der Waals surface area contributed by atoms with Gasteiger partial charge in [0.1, 0.15) is 22.7 Å². The Labute approximate surface area is 198 Å². The predicted octanol–water partition coefficient (Wildman–Crippen LogP) is 4.51. The smallest absolute Gasteiger partial charge is 0.342 e. The number of furan rings is 1. The van der Waals surface area contributed by atoms with Crippen LogP contribution < -0.4 is 0 Å². The van der Waals surface area contributed by atoms with Crippen LogP contribution in [0.5, 0.6) is 5.75 Å². The summed E-state index contributed by atoms with van der Waals surface area (Å²) in [6.07, 6.45) is 3.53. The third kappa shape index (κ3) is 3.71. The van der Waals surface area contributed by atoms with Crippen LogP contribution in [0.25, 0.3) is 21.7 Å². The van der Waals surface area contributed by atoms with E-state index in [9.17, 15) is 9.90 Å². The van der Waals surface area contributed by atoms with E-state index in [1.54, 1.807) is 26.2 Å². The van der Waals surface area contributed by atoms with Gasteiger partial charge in [-0.3, -0.25) is 9.88 Å². The van der Waals surface area contributed by atoms with E-state index in [1.807, 2.05) is 36.4 Å². The summed E-state index contributed by atoms with van der Waals surface area (Å²) in [6, 6.07) is 11.3. The monoisotopic (exact) mass is 459 g/mol. The molecule has 7 nitrogen and oxygen atoms in total. The number of fused-ring (bicyclic) bond motifs is 3. The number of phenolic OH excluding ortho intramolecular Hbond substituents is 1. The second kappa shape index (κ2) is 9.08. The highest BCUT2D eigenvalue weighted by Crippen LogP contribution is 2.47. The molecule has 1 fully saturated rings. The van der Waals surface area contributed by atoms with E-state index in [4.69, 9.17) is 9.15 Å². The Kier molecular flexibility index (Phi) is 5.98. The van der Waals surface area contributed by atoms with Gasteiger partial charge in [0.05, 0.1) is 12.6 Å². The van der Waals surface area contributed by atoms with Crippen molar-refractivity contribution in [2.45, 2.75) is 19.9 Å². The number of benzene rings is 2. The third-order valence-corrected chi connectivity index (χ3v) is 6.71. The van der Waals surface area contributed by atoms with Gasteiger partial charge in [-0.2, -0.15) is 0 Å². The molecule has 0 amide bonds. The number of esters is 1. The lowest BCUT2D eigenvalue weighted by Crippen LogP contribution is -2.46. The number of hydrogen-bond acceptors (Lipinski definition) is 7. The summed E-state index contributed by atoms with van der Waals surface area (Å²) in [6.45, 7) is 7.28. The molecule has 2 aromatic heterocycles. The molecule has 1 N–H and O–H groups in total. The normalized spacial score (nSPS) is 16.2. The Morgan fingerprint density at radius 1 is 1.12 bits per heavy atom. The van der Waals surface area contributed by atoms with E-state index in [0.29, 0.717) is 33.2 Å². The van der Waals surface area contributed by atoms with Crippen molar-refractivity contribution in [3.05, 3.63) is 71.2 Å². The number of aryl methyl sites for hydroxylation is 1. The summed E-state index contributed by atoms with van der Waals surface area (Å²) >= 11 is 0. The summed E-state index contributed by atoms with van der Waals surface area (Å²) in [5.41, 5.74) is 2.64. The lowest BCUT2D eigenvalue weighted by molar-refractivity contribution is 0.0526. The highest BCUT2D eigenvalue weighted by Gasteiger charge is 2.34. The first-order valence-corrected chi connectivity index (χ1v) is 11.7. The van der Waals surface area contributed by atoms with Gasteiger partial charge in [0.2, 0.25) is 0 Å². The average Bonchev–Trinajstić information content (AvgIpc) is 3.20. The maximum absolute atomic E-state index is 13.1. The first-order valence-electron chi connectivity index (χ1n) is 11.7. The third-order valence-electron chi connectivity index (χ3n) is 6.71. The van der Waals surface area contributed by atoms with E-state index in [2.05, 4.69) is 21.8 Å². The number of hydrogen-bond donors (Lipinski definition) is 1. The predicted molar refractivity (Wildman–Crippen MR) is 131 cm³/mol. The van der Waals surface area contributed by atoms with Crippen molar-refractivity contribution in [3.8, 4) is 5.75 Å². The topological polar surface area (TPSA) is 79.0 Å². The highest BCUT2D eigenvalue weighted by atomic mass is 16.5. The fourth-order valence-electron chi connectivity index (χ4n) is 5.04. The minimum absolute atomic E-state index is 0.162. The van der Waals surface area contributed by atoms with Crippen LogP contribution in [-0.4, -0.2) is 65.7 Å². The fraction of sp³-hybridized carbons (Fsp3) is 0.333. The molecule has 1 aliphatic heterocycles. The number of aromatic nitrogens is 1. The van der Waals surface area contributed by atoms with E-state index in [1.165, 1.54) is 0 Å². The molecule has 0 aliphatic carbocycles. The number of carbonyl (C=O) groups is 1. The fourth-order valence-corrected chi connectivity index (χ4v) is 5.04. The van der Waals surface area contributed by atoms with Crippen molar-refractivity contribution < 1.29 is 19.1 Å². The van der Waals surface area contributed by atoms with Crippen molar-refractivity contribution in [2.24, 2.45) is 0 Å². The molecule has 1 aliphatic rings. The van der Waals surface area contributed by atoms with Gasteiger partial charge in [-0.05, 0) is 38.6 Å². The van der Waals surface area contributed by atoms with Crippen molar-refractivity contribution >= 4 is 27.7 Å². The standard InChI is InChI=1S/C27H29N3O4/c1-4-33-27(32)21-17(2)34-26-20-8-6-5-7-19(20)25(31)23(22(21)26)24(18-9-11-28-12-10-18)30-15-13-29(3)14-16-30/h5-12,24,31H,4,13-16H2,1-3H3. The van der Waals surface area contributed by atoms with E-state index >= 15 is 0 Å². The van der Waals surface area contributed by atoms with Crippen LogP contribution >= 0.6 is 0 Å². The molecule has 7 heteroatoms. The van der Waals surface area contributed by atoms with Crippen molar-refractivity contribution in [2.75, 3.05) is 39.8 Å². The molecular weight excluding hydrogens is 430 g/mol. The molecule has 1 unspecified atom stereocenters. The summed E-state index contributed by atoms with van der Waals surface area (Å²) in [4.78, 5) is 22.0. The largest absolute Gasteiger partial charge is 0.507 e. The van der Waals surface area contributed by atoms with Crippen LogP contribution in [0, 0.1) is 6.92 Å². The minimum atomic E-state index is -0.443. The zero-order valence-corrected chi connectivity index (χ0v) is 19.7. The Morgan fingerprint density at radius 3 is 2.47 bits per heavy atom. The maximum Gasteiger partial charge on any atom is 0.342 e. The first kappa shape index (κ1) is 22.4. The quantitative estimate of drug-likeness (QED) is 0.440. The molecule has 176 valence electrons. The molecule has 2 aromatic carbocycles. The number of carbonyl (C=O) groups excluding carboxylic acids is 1. The van der Waals surface area contributed by atoms with Gasteiger partial charge in [-0.15, -0.1) is 0 Å². The molecule has 3 heterocycles. The van der Waals surface area contributed by atoms with Crippen LogP contribution in [-0.2, 0) is 4.74 Å². The molecule has 1 saturated heterocycles. The summed E-state index contributed by atoms with van der Waals surface area (Å²) < 4.78 is 11.6. The molecule has 0 spiro atoms. The van der Waals surface area contributed by atoms with Crippen LogP contribution in [0.1, 0.15) is 40.2 Å². The number of aromatic hydroxyl groups is 1. The van der Waals surface area contributed by atoms with E-state index in [-0.39, 0.29) is 18.4 Å². The maximum atomic E-state index is 13.1. The Balaban J connectivity index is 1.87. The molecular formula is C27H29N3O4. The van der Waals surface area contributed by atoms with E-state index in [0.717, 1.165) is 37.1 Å². The number of ether oxygens (including phenoxy) is 1. The highest BCUT2D eigenvalue weighted by molar-refractivity contribution is 6.16. The van der Waals surface area contributed by atoms with E-state index < -0.39 is 5.97 Å². The van der Waals surface area contributed by atoms with Crippen molar-refractivity contribution in [3.63, 3.8) is 0 Å². The zero-order valence-electron chi connectivity index (χ0n) is 19.7. The average molecular weight is 460 g/mol. The molecule has 4 aromatic rings. The summed E-state index contributed by atoms with van der Waals surface area (Å²) in [5.74, 6) is 0.203. The summed E-state index contributed by atoms with van der Waals surface area (Å²) in [5, 5.41) is 13.8.